The van der Waals surface area contributed by atoms with Gasteiger partial charge >= 0.3 is 5.97 Å². The first-order chi connectivity index (χ1) is 10.2. The summed E-state index contributed by atoms with van der Waals surface area (Å²) in [4.78, 5) is 13.6. The van der Waals surface area contributed by atoms with Crippen molar-refractivity contribution < 1.29 is 14.3 Å². The molecule has 1 fully saturated rings. The van der Waals surface area contributed by atoms with E-state index in [-0.39, 0.29) is 11.9 Å². The number of carbonyl (C=O) groups is 1. The molecule has 4 heteroatoms. The summed E-state index contributed by atoms with van der Waals surface area (Å²) >= 11 is 0. The molecule has 0 aliphatic carbocycles. The summed E-state index contributed by atoms with van der Waals surface area (Å²) in [6, 6.07) is 15.6. The normalized spacial score (nSPS) is 21.5. The first-order valence-electron chi connectivity index (χ1n) is 6.97. The lowest BCUT2D eigenvalue weighted by atomic mass is 9.93. The smallest absolute Gasteiger partial charge is 0.309 e. The third-order valence-corrected chi connectivity index (χ3v) is 4.01. The summed E-state index contributed by atoms with van der Waals surface area (Å²) in [6.07, 6.45) is 0.590. The van der Waals surface area contributed by atoms with Gasteiger partial charge in [-0.3, -0.25) is 4.79 Å². The van der Waals surface area contributed by atoms with Gasteiger partial charge in [0, 0.05) is 12.2 Å². The van der Waals surface area contributed by atoms with E-state index in [0.29, 0.717) is 13.0 Å². The number of rotatable bonds is 3. The fourth-order valence-corrected chi connectivity index (χ4v) is 3.03. The van der Waals surface area contributed by atoms with Crippen molar-refractivity contribution in [2.75, 3.05) is 11.4 Å². The van der Waals surface area contributed by atoms with Crippen molar-refractivity contribution in [3.8, 4) is 0 Å². The second-order valence-electron chi connectivity index (χ2n) is 5.26. The maximum Gasteiger partial charge on any atom is 0.309 e. The Kier molecular flexibility index (Phi) is 3.60. The van der Waals surface area contributed by atoms with Crippen LogP contribution in [-0.2, 0) is 4.79 Å². The van der Waals surface area contributed by atoms with Gasteiger partial charge in [0.25, 0.3) is 0 Å². The summed E-state index contributed by atoms with van der Waals surface area (Å²) in [5.41, 5.74) is 1.83. The van der Waals surface area contributed by atoms with Gasteiger partial charge in [0.2, 0.25) is 0 Å². The molecule has 2 unspecified atom stereocenters. The highest BCUT2D eigenvalue weighted by atomic mass is 19.1. The monoisotopic (exact) mass is 285 g/mol. The topological polar surface area (TPSA) is 40.5 Å². The molecule has 0 aromatic heterocycles. The Morgan fingerprint density at radius 2 is 1.76 bits per heavy atom. The molecule has 2 aromatic carbocycles. The fraction of sp³-hybridized carbons (Fsp3) is 0.235. The van der Waals surface area contributed by atoms with Crippen molar-refractivity contribution in [1.82, 2.24) is 0 Å². The summed E-state index contributed by atoms with van der Waals surface area (Å²) in [7, 11) is 0. The molecule has 1 heterocycles. The lowest BCUT2D eigenvalue weighted by Gasteiger charge is -2.29. The quantitative estimate of drug-likeness (QED) is 0.938. The Bertz CT molecular complexity index is 627. The molecule has 1 aliphatic rings. The lowest BCUT2D eigenvalue weighted by molar-refractivity contribution is -0.141. The number of aliphatic carboxylic acids is 1. The first kappa shape index (κ1) is 13.6. The fourth-order valence-electron chi connectivity index (χ4n) is 3.03. The van der Waals surface area contributed by atoms with Crippen LogP contribution in [-0.4, -0.2) is 17.6 Å². The average Bonchev–Trinajstić information content (AvgIpc) is 2.94. The minimum Gasteiger partial charge on any atom is -0.481 e. The molecule has 0 amide bonds. The molecule has 1 N–H and O–H groups in total. The van der Waals surface area contributed by atoms with E-state index in [4.69, 9.17) is 0 Å². The van der Waals surface area contributed by atoms with Gasteiger partial charge < -0.3 is 10.0 Å². The van der Waals surface area contributed by atoms with Crippen LogP contribution < -0.4 is 4.90 Å². The Labute approximate surface area is 122 Å². The summed E-state index contributed by atoms with van der Waals surface area (Å²) < 4.78 is 13.1. The minimum absolute atomic E-state index is 0.259. The van der Waals surface area contributed by atoms with Crippen LogP contribution in [0, 0.1) is 11.7 Å². The van der Waals surface area contributed by atoms with Crippen LogP contribution in [0.4, 0.5) is 10.1 Å². The van der Waals surface area contributed by atoms with Gasteiger partial charge in [-0.25, -0.2) is 4.39 Å². The highest BCUT2D eigenvalue weighted by Crippen LogP contribution is 2.40. The highest BCUT2D eigenvalue weighted by molar-refractivity contribution is 5.73. The van der Waals surface area contributed by atoms with Gasteiger partial charge in [0.1, 0.15) is 5.82 Å². The van der Waals surface area contributed by atoms with E-state index in [1.54, 1.807) is 12.1 Å². The van der Waals surface area contributed by atoms with Crippen LogP contribution >= 0.6 is 0 Å². The van der Waals surface area contributed by atoms with E-state index in [2.05, 4.69) is 4.90 Å². The van der Waals surface area contributed by atoms with Crippen molar-refractivity contribution in [1.29, 1.82) is 0 Å². The molecule has 1 saturated heterocycles. The Morgan fingerprint density at radius 1 is 1.10 bits per heavy atom. The van der Waals surface area contributed by atoms with Crippen molar-refractivity contribution >= 4 is 11.7 Å². The first-order valence-corrected chi connectivity index (χ1v) is 6.97. The maximum atomic E-state index is 13.1. The van der Waals surface area contributed by atoms with E-state index in [0.717, 1.165) is 11.3 Å². The maximum absolute atomic E-state index is 13.1. The SMILES string of the molecule is O=C(O)C1CCN(c2ccccc2)C1c1ccc(F)cc1. The number of carboxylic acid groups (broad SMARTS) is 1. The highest BCUT2D eigenvalue weighted by Gasteiger charge is 2.39. The zero-order valence-electron chi connectivity index (χ0n) is 11.4. The number of para-hydroxylation sites is 1. The van der Waals surface area contributed by atoms with Crippen LogP contribution in [0.1, 0.15) is 18.0 Å². The zero-order chi connectivity index (χ0) is 14.8. The van der Waals surface area contributed by atoms with Crippen LogP contribution in [0.3, 0.4) is 0 Å². The third-order valence-electron chi connectivity index (χ3n) is 4.01. The van der Waals surface area contributed by atoms with Crippen molar-refractivity contribution in [2.45, 2.75) is 12.5 Å². The van der Waals surface area contributed by atoms with Gasteiger partial charge in [-0.05, 0) is 36.2 Å². The van der Waals surface area contributed by atoms with Crippen LogP contribution in [0.5, 0.6) is 0 Å². The van der Waals surface area contributed by atoms with E-state index in [1.165, 1.54) is 12.1 Å². The molecule has 108 valence electrons. The second kappa shape index (κ2) is 5.56. The van der Waals surface area contributed by atoms with Gasteiger partial charge in [0.05, 0.1) is 12.0 Å². The lowest BCUT2D eigenvalue weighted by Crippen LogP contribution is -2.28. The minimum atomic E-state index is -0.803. The number of hydrogen-bond acceptors (Lipinski definition) is 2. The van der Waals surface area contributed by atoms with E-state index < -0.39 is 11.9 Å². The molecule has 3 rings (SSSR count). The average molecular weight is 285 g/mol. The molecule has 0 saturated carbocycles. The van der Waals surface area contributed by atoms with Gasteiger partial charge in [-0.1, -0.05) is 30.3 Å². The molecule has 0 spiro atoms. The molecule has 0 radical (unpaired) electrons. The second-order valence-corrected chi connectivity index (χ2v) is 5.26. The largest absolute Gasteiger partial charge is 0.481 e. The Morgan fingerprint density at radius 3 is 2.38 bits per heavy atom. The van der Waals surface area contributed by atoms with Gasteiger partial charge in [-0.2, -0.15) is 0 Å². The number of halogens is 1. The van der Waals surface area contributed by atoms with E-state index in [1.807, 2.05) is 30.3 Å². The molecule has 1 aliphatic heterocycles. The molecule has 2 aromatic rings. The number of nitrogens with zero attached hydrogens (tertiary/aromatic N) is 1. The number of anilines is 1. The molecular formula is C17H16FNO2. The van der Waals surface area contributed by atoms with E-state index >= 15 is 0 Å². The molecule has 3 nitrogen and oxygen atoms in total. The van der Waals surface area contributed by atoms with Gasteiger partial charge in [-0.15, -0.1) is 0 Å². The summed E-state index contributed by atoms with van der Waals surface area (Å²) in [5, 5.41) is 9.46. The molecule has 21 heavy (non-hydrogen) atoms. The number of hydrogen-bond donors (Lipinski definition) is 1. The van der Waals surface area contributed by atoms with Crippen molar-refractivity contribution in [3.63, 3.8) is 0 Å². The molecular weight excluding hydrogens is 269 g/mol. The summed E-state index contributed by atoms with van der Waals surface area (Å²) in [6.45, 7) is 0.684. The molecule has 2 atom stereocenters. The number of carboxylic acids is 1. The van der Waals surface area contributed by atoms with Crippen LogP contribution in [0.15, 0.2) is 54.6 Å². The van der Waals surface area contributed by atoms with Crippen LogP contribution in [0.25, 0.3) is 0 Å². The van der Waals surface area contributed by atoms with Gasteiger partial charge in [0.15, 0.2) is 0 Å². The summed E-state index contributed by atoms with van der Waals surface area (Å²) in [5.74, 6) is -1.59. The Balaban J connectivity index is 2.00. The van der Waals surface area contributed by atoms with Crippen molar-refractivity contribution in [3.05, 3.63) is 66.0 Å². The predicted molar refractivity (Wildman–Crippen MR) is 78.7 cm³/mol. The predicted octanol–water partition coefficient (Wildman–Crippen LogP) is 3.48. The molecule has 0 bridgehead atoms. The van der Waals surface area contributed by atoms with Crippen LogP contribution in [0.2, 0.25) is 0 Å². The van der Waals surface area contributed by atoms with E-state index in [9.17, 15) is 14.3 Å². The zero-order valence-corrected chi connectivity index (χ0v) is 11.4. The number of benzene rings is 2. The third kappa shape index (κ3) is 2.61. The van der Waals surface area contributed by atoms with Crippen molar-refractivity contribution in [2.24, 2.45) is 5.92 Å². The Hall–Kier alpha value is -2.36. The standard InChI is InChI=1S/C17H16FNO2/c18-13-8-6-12(7-9-13)16-15(17(20)21)10-11-19(16)14-4-2-1-3-5-14/h1-9,15-16H,10-11H2,(H,20,21).